The lowest BCUT2D eigenvalue weighted by Gasteiger charge is -2.12. The molecule has 4 N–H and O–H groups in total. The van der Waals surface area contributed by atoms with Crippen LogP contribution in [-0.2, 0) is 6.42 Å². The third kappa shape index (κ3) is 2.98. The van der Waals surface area contributed by atoms with Gasteiger partial charge in [-0.25, -0.2) is 4.79 Å². The highest BCUT2D eigenvalue weighted by molar-refractivity contribution is 5.72. The van der Waals surface area contributed by atoms with Crippen LogP contribution in [0.15, 0.2) is 27.4 Å². The maximum atomic E-state index is 11.0. The standard InChI is InChI=1S/C12H16N2O4/c15-6-9(7-16)13-4-3-8-1-2-10-11(5-8)18-12(17)14-10/h1-2,5,9,13,15-16H,3-4,6-7H2,(H,14,17). The van der Waals surface area contributed by atoms with Gasteiger partial charge in [0.1, 0.15) is 0 Å². The molecule has 0 fully saturated rings. The van der Waals surface area contributed by atoms with Crippen molar-refractivity contribution in [2.75, 3.05) is 19.8 Å². The van der Waals surface area contributed by atoms with Crippen molar-refractivity contribution in [3.8, 4) is 0 Å². The van der Waals surface area contributed by atoms with Gasteiger partial charge in [0, 0.05) is 0 Å². The number of aliphatic hydroxyl groups is 2. The average Bonchev–Trinajstić information content (AvgIpc) is 2.74. The maximum absolute atomic E-state index is 11.0. The molecule has 2 rings (SSSR count). The molecule has 6 nitrogen and oxygen atoms in total. The van der Waals surface area contributed by atoms with Crippen molar-refractivity contribution in [3.05, 3.63) is 34.3 Å². The maximum Gasteiger partial charge on any atom is 0.417 e. The first-order chi connectivity index (χ1) is 8.72. The van der Waals surface area contributed by atoms with E-state index in [1.54, 1.807) is 6.07 Å². The van der Waals surface area contributed by atoms with E-state index < -0.39 is 5.76 Å². The lowest BCUT2D eigenvalue weighted by Crippen LogP contribution is -2.36. The fraction of sp³-hybridized carbons (Fsp3) is 0.417. The first kappa shape index (κ1) is 12.8. The van der Waals surface area contributed by atoms with E-state index in [9.17, 15) is 4.79 Å². The van der Waals surface area contributed by atoms with Crippen LogP contribution >= 0.6 is 0 Å². The highest BCUT2D eigenvalue weighted by Gasteiger charge is 2.05. The summed E-state index contributed by atoms with van der Waals surface area (Å²) in [7, 11) is 0. The first-order valence-corrected chi connectivity index (χ1v) is 5.80. The number of fused-ring (bicyclic) bond motifs is 1. The molecule has 0 spiro atoms. The van der Waals surface area contributed by atoms with Crippen LogP contribution in [0.4, 0.5) is 0 Å². The van der Waals surface area contributed by atoms with Gasteiger partial charge in [0.15, 0.2) is 5.58 Å². The summed E-state index contributed by atoms with van der Waals surface area (Å²) in [5.74, 6) is -0.457. The van der Waals surface area contributed by atoms with Crippen LogP contribution < -0.4 is 11.1 Å². The molecule has 0 saturated heterocycles. The number of aliphatic hydroxyl groups excluding tert-OH is 2. The third-order valence-corrected chi connectivity index (χ3v) is 2.77. The van der Waals surface area contributed by atoms with E-state index in [0.717, 1.165) is 12.0 Å². The van der Waals surface area contributed by atoms with Gasteiger partial charge in [-0.2, -0.15) is 0 Å². The molecule has 98 valence electrons. The number of nitrogens with one attached hydrogen (secondary N) is 2. The second-order valence-electron chi connectivity index (χ2n) is 4.11. The van der Waals surface area contributed by atoms with Gasteiger partial charge in [-0.3, -0.25) is 4.98 Å². The molecule has 1 aromatic heterocycles. The van der Waals surface area contributed by atoms with Crippen molar-refractivity contribution in [2.24, 2.45) is 0 Å². The summed E-state index contributed by atoms with van der Waals surface area (Å²) in [6.45, 7) is 0.441. The summed E-state index contributed by atoms with van der Waals surface area (Å²) < 4.78 is 4.97. The predicted molar refractivity (Wildman–Crippen MR) is 66.5 cm³/mol. The highest BCUT2D eigenvalue weighted by atomic mass is 16.4. The van der Waals surface area contributed by atoms with Gasteiger partial charge >= 0.3 is 5.76 Å². The number of rotatable bonds is 6. The molecule has 0 aliphatic carbocycles. The smallest absolute Gasteiger partial charge is 0.408 e. The van der Waals surface area contributed by atoms with Gasteiger partial charge in [0.2, 0.25) is 0 Å². The Kier molecular flexibility index (Phi) is 4.14. The SMILES string of the molecule is O=c1[nH]c2ccc(CCNC(CO)CO)cc2o1. The number of benzene rings is 1. The Bertz CT molecular complexity index is 556. The molecule has 0 unspecified atom stereocenters. The zero-order chi connectivity index (χ0) is 13.0. The van der Waals surface area contributed by atoms with E-state index >= 15 is 0 Å². The van der Waals surface area contributed by atoms with Crippen molar-refractivity contribution in [3.63, 3.8) is 0 Å². The van der Waals surface area contributed by atoms with Gasteiger partial charge in [-0.15, -0.1) is 0 Å². The number of aromatic nitrogens is 1. The fourth-order valence-corrected chi connectivity index (χ4v) is 1.75. The summed E-state index contributed by atoms with van der Waals surface area (Å²) in [6.07, 6.45) is 0.724. The summed E-state index contributed by atoms with van der Waals surface area (Å²) >= 11 is 0. The van der Waals surface area contributed by atoms with Crippen molar-refractivity contribution < 1.29 is 14.6 Å². The minimum Gasteiger partial charge on any atom is -0.408 e. The Balaban J connectivity index is 1.97. The minimum atomic E-state index is -0.457. The first-order valence-electron chi connectivity index (χ1n) is 5.80. The lowest BCUT2D eigenvalue weighted by molar-refractivity contribution is 0.171. The summed E-state index contributed by atoms with van der Waals surface area (Å²) in [5.41, 5.74) is 2.24. The normalized spacial score (nSPS) is 11.5. The zero-order valence-corrected chi connectivity index (χ0v) is 9.85. The number of H-pyrrole nitrogens is 1. The molecule has 0 atom stereocenters. The van der Waals surface area contributed by atoms with E-state index in [0.29, 0.717) is 17.6 Å². The quantitative estimate of drug-likeness (QED) is 0.561. The fourth-order valence-electron chi connectivity index (χ4n) is 1.75. The number of hydrogen-bond acceptors (Lipinski definition) is 5. The average molecular weight is 252 g/mol. The molecule has 0 amide bonds. The molecule has 0 saturated carbocycles. The lowest BCUT2D eigenvalue weighted by atomic mass is 10.1. The second-order valence-corrected chi connectivity index (χ2v) is 4.11. The number of hydrogen-bond donors (Lipinski definition) is 4. The molecule has 1 aromatic carbocycles. The number of aromatic amines is 1. The van der Waals surface area contributed by atoms with Crippen molar-refractivity contribution >= 4 is 11.1 Å². The van der Waals surface area contributed by atoms with E-state index in [-0.39, 0.29) is 19.3 Å². The van der Waals surface area contributed by atoms with Crippen molar-refractivity contribution in [2.45, 2.75) is 12.5 Å². The topological polar surface area (TPSA) is 98.5 Å². The Morgan fingerprint density at radius 1 is 1.33 bits per heavy atom. The highest BCUT2D eigenvalue weighted by Crippen LogP contribution is 2.12. The molecule has 0 bridgehead atoms. The molecule has 6 heteroatoms. The van der Waals surface area contributed by atoms with Crippen LogP contribution in [0.5, 0.6) is 0 Å². The van der Waals surface area contributed by atoms with Crippen LogP contribution in [-0.4, -0.2) is 41.0 Å². The van der Waals surface area contributed by atoms with Gasteiger partial charge in [-0.1, -0.05) is 6.07 Å². The Hall–Kier alpha value is -1.63. The molecule has 0 radical (unpaired) electrons. The van der Waals surface area contributed by atoms with E-state index in [1.807, 2.05) is 12.1 Å². The summed E-state index contributed by atoms with van der Waals surface area (Å²) in [6, 6.07) is 5.22. The summed E-state index contributed by atoms with van der Waals surface area (Å²) in [5, 5.41) is 20.8. The summed E-state index contributed by atoms with van der Waals surface area (Å²) in [4.78, 5) is 13.6. The van der Waals surface area contributed by atoms with E-state index in [4.69, 9.17) is 14.6 Å². The minimum absolute atomic E-state index is 0.0950. The van der Waals surface area contributed by atoms with Gasteiger partial charge in [0.25, 0.3) is 0 Å². The van der Waals surface area contributed by atoms with Crippen LogP contribution in [0.1, 0.15) is 5.56 Å². The van der Waals surface area contributed by atoms with Gasteiger partial charge in [-0.05, 0) is 30.7 Å². The molecule has 1 heterocycles. The predicted octanol–water partition coefficient (Wildman–Crippen LogP) is -0.394. The van der Waals surface area contributed by atoms with Crippen molar-refractivity contribution in [1.29, 1.82) is 0 Å². The second kappa shape index (κ2) is 5.81. The largest absolute Gasteiger partial charge is 0.417 e. The van der Waals surface area contributed by atoms with Crippen molar-refractivity contribution in [1.82, 2.24) is 10.3 Å². The number of oxazole rings is 1. The van der Waals surface area contributed by atoms with Crippen LogP contribution in [0.3, 0.4) is 0 Å². The zero-order valence-electron chi connectivity index (χ0n) is 9.85. The van der Waals surface area contributed by atoms with Gasteiger partial charge in [0.05, 0.1) is 24.8 Å². The van der Waals surface area contributed by atoms with Crippen LogP contribution in [0.2, 0.25) is 0 Å². The third-order valence-electron chi connectivity index (χ3n) is 2.77. The van der Waals surface area contributed by atoms with Crippen LogP contribution in [0, 0.1) is 0 Å². The van der Waals surface area contributed by atoms with E-state index in [2.05, 4.69) is 10.3 Å². The van der Waals surface area contributed by atoms with E-state index in [1.165, 1.54) is 0 Å². The molecule has 2 aromatic rings. The molecule has 0 aliphatic heterocycles. The molecular formula is C12H16N2O4. The van der Waals surface area contributed by atoms with Crippen LogP contribution in [0.25, 0.3) is 11.1 Å². The van der Waals surface area contributed by atoms with Gasteiger partial charge < -0.3 is 19.9 Å². The monoisotopic (exact) mass is 252 g/mol. The molecule has 18 heavy (non-hydrogen) atoms. The Labute approximate surface area is 103 Å². The Morgan fingerprint density at radius 3 is 2.83 bits per heavy atom. The molecular weight excluding hydrogens is 236 g/mol. The Morgan fingerprint density at radius 2 is 2.11 bits per heavy atom. The molecule has 0 aliphatic rings.